The van der Waals surface area contributed by atoms with Gasteiger partial charge in [0.25, 0.3) is 0 Å². The molecule has 0 spiro atoms. The lowest BCUT2D eigenvalue weighted by molar-refractivity contribution is -0.115. The van der Waals surface area contributed by atoms with Crippen molar-refractivity contribution in [2.45, 2.75) is 11.3 Å². The Morgan fingerprint density at radius 1 is 1.00 bits per heavy atom. The molecule has 25 heavy (non-hydrogen) atoms. The maximum absolute atomic E-state index is 13.3. The van der Waals surface area contributed by atoms with Gasteiger partial charge in [0.05, 0.1) is 6.42 Å². The van der Waals surface area contributed by atoms with E-state index >= 15 is 0 Å². The van der Waals surface area contributed by atoms with E-state index in [1.165, 1.54) is 18.2 Å². The average Bonchev–Trinajstić information content (AvgIpc) is 2.59. The first-order chi connectivity index (χ1) is 12.0. The standard InChI is InChI=1S/C20H17FN2OS/c21-16-6-9-19(22)15(10-16)12-20(24)23-17-3-1-2-14(11-17)13-4-7-18(25)8-5-13/h1-11,25H,12,22H2,(H,23,24). The number of amides is 1. The maximum atomic E-state index is 13.3. The minimum Gasteiger partial charge on any atom is -0.398 e. The monoisotopic (exact) mass is 352 g/mol. The van der Waals surface area contributed by atoms with E-state index in [-0.39, 0.29) is 12.3 Å². The minimum atomic E-state index is -0.411. The normalized spacial score (nSPS) is 10.5. The van der Waals surface area contributed by atoms with Crippen molar-refractivity contribution < 1.29 is 9.18 Å². The molecule has 3 nitrogen and oxygen atoms in total. The van der Waals surface area contributed by atoms with Gasteiger partial charge in [-0.2, -0.15) is 0 Å². The Labute approximate surface area is 151 Å². The molecular formula is C20H17FN2OS. The number of carbonyl (C=O) groups excluding carboxylic acids is 1. The highest BCUT2D eigenvalue weighted by atomic mass is 32.1. The second-order valence-electron chi connectivity index (χ2n) is 5.70. The fourth-order valence-electron chi connectivity index (χ4n) is 2.54. The van der Waals surface area contributed by atoms with E-state index in [2.05, 4.69) is 17.9 Å². The van der Waals surface area contributed by atoms with Crippen LogP contribution in [0.15, 0.2) is 71.6 Å². The van der Waals surface area contributed by atoms with E-state index in [1.54, 1.807) is 0 Å². The van der Waals surface area contributed by atoms with Crippen LogP contribution < -0.4 is 11.1 Å². The zero-order chi connectivity index (χ0) is 17.8. The van der Waals surface area contributed by atoms with Gasteiger partial charge >= 0.3 is 0 Å². The molecule has 0 unspecified atom stereocenters. The number of anilines is 2. The van der Waals surface area contributed by atoms with E-state index in [9.17, 15) is 9.18 Å². The summed E-state index contributed by atoms with van der Waals surface area (Å²) < 4.78 is 13.3. The smallest absolute Gasteiger partial charge is 0.228 e. The lowest BCUT2D eigenvalue weighted by Gasteiger charge is -2.09. The first-order valence-electron chi connectivity index (χ1n) is 7.74. The Morgan fingerprint density at radius 3 is 2.52 bits per heavy atom. The Morgan fingerprint density at radius 2 is 1.76 bits per heavy atom. The molecule has 0 aromatic heterocycles. The minimum absolute atomic E-state index is 0.0160. The number of nitrogens with one attached hydrogen (secondary N) is 1. The van der Waals surface area contributed by atoms with Crippen LogP contribution in [0.4, 0.5) is 15.8 Å². The highest BCUT2D eigenvalue weighted by Gasteiger charge is 2.09. The summed E-state index contributed by atoms with van der Waals surface area (Å²) in [6.45, 7) is 0. The molecule has 0 saturated carbocycles. The molecule has 5 heteroatoms. The Hall–Kier alpha value is -2.79. The summed E-state index contributed by atoms with van der Waals surface area (Å²) in [5.74, 6) is -0.660. The first-order valence-corrected chi connectivity index (χ1v) is 8.19. The lowest BCUT2D eigenvalue weighted by atomic mass is 10.0. The van der Waals surface area contributed by atoms with Crippen molar-refractivity contribution in [3.05, 3.63) is 78.1 Å². The number of hydrogen-bond acceptors (Lipinski definition) is 3. The van der Waals surface area contributed by atoms with Gasteiger partial charge in [0, 0.05) is 16.3 Å². The van der Waals surface area contributed by atoms with Gasteiger partial charge in [0.1, 0.15) is 5.82 Å². The second-order valence-corrected chi connectivity index (χ2v) is 6.21. The van der Waals surface area contributed by atoms with Gasteiger partial charge in [-0.05, 0) is 59.2 Å². The van der Waals surface area contributed by atoms with Crippen molar-refractivity contribution >= 4 is 29.9 Å². The van der Waals surface area contributed by atoms with Crippen molar-refractivity contribution in [1.82, 2.24) is 0 Å². The van der Waals surface area contributed by atoms with Crippen LogP contribution >= 0.6 is 12.6 Å². The van der Waals surface area contributed by atoms with Gasteiger partial charge in [-0.3, -0.25) is 4.79 Å². The molecule has 0 atom stereocenters. The molecule has 0 aliphatic carbocycles. The van der Waals surface area contributed by atoms with Crippen molar-refractivity contribution in [2.24, 2.45) is 0 Å². The molecule has 0 radical (unpaired) electrons. The molecular weight excluding hydrogens is 335 g/mol. The van der Waals surface area contributed by atoms with Crippen molar-refractivity contribution in [1.29, 1.82) is 0 Å². The van der Waals surface area contributed by atoms with Gasteiger partial charge in [-0.1, -0.05) is 24.3 Å². The molecule has 0 saturated heterocycles. The van der Waals surface area contributed by atoms with Crippen LogP contribution in [0, 0.1) is 5.82 Å². The van der Waals surface area contributed by atoms with Crippen LogP contribution in [0.25, 0.3) is 11.1 Å². The quantitative estimate of drug-likeness (QED) is 0.477. The molecule has 0 aliphatic heterocycles. The van der Waals surface area contributed by atoms with Crippen molar-refractivity contribution in [2.75, 3.05) is 11.1 Å². The molecule has 3 aromatic carbocycles. The lowest BCUT2D eigenvalue weighted by Crippen LogP contribution is -2.15. The van der Waals surface area contributed by atoms with Crippen LogP contribution in [0.5, 0.6) is 0 Å². The van der Waals surface area contributed by atoms with Crippen molar-refractivity contribution in [3.8, 4) is 11.1 Å². The summed E-state index contributed by atoms with van der Waals surface area (Å²) in [5, 5.41) is 2.83. The van der Waals surface area contributed by atoms with Crippen LogP contribution in [0.2, 0.25) is 0 Å². The van der Waals surface area contributed by atoms with Gasteiger partial charge in [0.15, 0.2) is 0 Å². The maximum Gasteiger partial charge on any atom is 0.228 e. The Kier molecular flexibility index (Phi) is 5.05. The number of nitrogens with two attached hydrogens (primary N) is 1. The first kappa shape index (κ1) is 17.0. The van der Waals surface area contributed by atoms with E-state index in [4.69, 9.17) is 5.73 Å². The zero-order valence-electron chi connectivity index (χ0n) is 13.4. The second kappa shape index (κ2) is 7.40. The van der Waals surface area contributed by atoms with Crippen LogP contribution in [-0.4, -0.2) is 5.91 Å². The van der Waals surface area contributed by atoms with Gasteiger partial charge < -0.3 is 11.1 Å². The van der Waals surface area contributed by atoms with Crippen molar-refractivity contribution in [3.63, 3.8) is 0 Å². The molecule has 3 aromatic rings. The molecule has 0 bridgehead atoms. The largest absolute Gasteiger partial charge is 0.398 e. The molecule has 0 aliphatic rings. The number of hydrogen-bond donors (Lipinski definition) is 3. The van der Waals surface area contributed by atoms with Crippen LogP contribution in [0.1, 0.15) is 5.56 Å². The molecule has 3 N–H and O–H groups in total. The Balaban J connectivity index is 1.74. The van der Waals surface area contributed by atoms with Crippen LogP contribution in [0.3, 0.4) is 0 Å². The fourth-order valence-corrected chi connectivity index (χ4v) is 2.69. The number of halogens is 1. The molecule has 3 rings (SSSR count). The van der Waals surface area contributed by atoms with E-state index in [1.807, 2.05) is 48.5 Å². The third-order valence-electron chi connectivity index (χ3n) is 3.80. The van der Waals surface area contributed by atoms with Crippen LogP contribution in [-0.2, 0) is 11.2 Å². The number of thiol groups is 1. The molecule has 1 amide bonds. The Bertz CT molecular complexity index is 910. The number of rotatable bonds is 4. The zero-order valence-corrected chi connectivity index (χ0v) is 14.3. The topological polar surface area (TPSA) is 55.1 Å². The van der Waals surface area contributed by atoms with Gasteiger partial charge in [-0.15, -0.1) is 12.6 Å². The third-order valence-corrected chi connectivity index (χ3v) is 4.10. The fraction of sp³-hybridized carbons (Fsp3) is 0.0500. The summed E-state index contributed by atoms with van der Waals surface area (Å²) in [5.41, 5.74) is 9.35. The molecule has 0 fully saturated rings. The number of carbonyl (C=O) groups is 1. The molecule has 126 valence electrons. The highest BCUT2D eigenvalue weighted by molar-refractivity contribution is 7.80. The van der Waals surface area contributed by atoms with E-state index in [0.717, 1.165) is 16.0 Å². The summed E-state index contributed by atoms with van der Waals surface area (Å²) in [4.78, 5) is 13.1. The highest BCUT2D eigenvalue weighted by Crippen LogP contribution is 2.24. The predicted octanol–water partition coefficient (Wildman–Crippen LogP) is 4.54. The predicted molar refractivity (Wildman–Crippen MR) is 102 cm³/mol. The number of nitrogen functional groups attached to an aromatic ring is 1. The SMILES string of the molecule is Nc1ccc(F)cc1CC(=O)Nc1cccc(-c2ccc(S)cc2)c1. The summed E-state index contributed by atoms with van der Waals surface area (Å²) in [6.07, 6.45) is 0.0160. The summed E-state index contributed by atoms with van der Waals surface area (Å²) in [6, 6.07) is 19.3. The number of benzene rings is 3. The summed E-state index contributed by atoms with van der Waals surface area (Å²) in [7, 11) is 0. The van der Waals surface area contributed by atoms with Gasteiger partial charge in [-0.25, -0.2) is 4.39 Å². The average molecular weight is 352 g/mol. The van der Waals surface area contributed by atoms with Gasteiger partial charge in [0.2, 0.25) is 5.91 Å². The summed E-state index contributed by atoms with van der Waals surface area (Å²) >= 11 is 4.28. The molecule has 0 heterocycles. The van der Waals surface area contributed by atoms with E-state index < -0.39 is 5.82 Å². The third kappa shape index (κ3) is 4.39. The van der Waals surface area contributed by atoms with E-state index in [0.29, 0.717) is 16.9 Å².